The van der Waals surface area contributed by atoms with Gasteiger partial charge in [-0.05, 0) is 24.1 Å². The van der Waals surface area contributed by atoms with E-state index in [4.69, 9.17) is 0 Å². The van der Waals surface area contributed by atoms with E-state index in [9.17, 15) is 19.2 Å². The fourth-order valence-corrected chi connectivity index (χ4v) is 2.18. The number of nitrogens with zero attached hydrogens (tertiary/aromatic N) is 2. The van der Waals surface area contributed by atoms with Gasteiger partial charge in [-0.2, -0.15) is 4.99 Å². The fourth-order valence-electron chi connectivity index (χ4n) is 2.18. The summed E-state index contributed by atoms with van der Waals surface area (Å²) in [5, 5.41) is 0. The second-order valence-electron chi connectivity index (χ2n) is 4.64. The van der Waals surface area contributed by atoms with Crippen molar-refractivity contribution < 1.29 is 4.79 Å². The summed E-state index contributed by atoms with van der Waals surface area (Å²) in [7, 11) is 0. The molecule has 0 aliphatic rings. The Morgan fingerprint density at radius 2 is 1.91 bits per heavy atom. The van der Waals surface area contributed by atoms with Crippen molar-refractivity contribution in [1.29, 1.82) is 0 Å². The second kappa shape index (κ2) is 6.64. The van der Waals surface area contributed by atoms with E-state index in [1.807, 2.05) is 16.9 Å². The first-order valence-electron chi connectivity index (χ1n) is 6.69. The third kappa shape index (κ3) is 3.18. The van der Waals surface area contributed by atoms with Crippen LogP contribution in [0.15, 0.2) is 43.6 Å². The summed E-state index contributed by atoms with van der Waals surface area (Å²) in [5.74, 6) is 0. The van der Waals surface area contributed by atoms with Crippen LogP contribution in [0.5, 0.6) is 0 Å². The Balaban J connectivity index is 2.58. The third-order valence-electron chi connectivity index (χ3n) is 3.13. The minimum Gasteiger partial charge on any atom is -0.258 e. The molecule has 0 fully saturated rings. The molecule has 1 aromatic heterocycles. The Morgan fingerprint density at radius 3 is 2.50 bits per heavy atom. The van der Waals surface area contributed by atoms with Crippen molar-refractivity contribution >= 4 is 6.08 Å². The minimum atomic E-state index is -0.864. The smallest absolute Gasteiger partial charge is 0.258 e. The van der Waals surface area contributed by atoms with Crippen molar-refractivity contribution in [3.05, 3.63) is 61.3 Å². The van der Waals surface area contributed by atoms with Crippen LogP contribution in [-0.2, 0) is 4.79 Å². The van der Waals surface area contributed by atoms with Gasteiger partial charge in [-0.1, -0.05) is 25.5 Å². The van der Waals surface area contributed by atoms with Gasteiger partial charge in [0.15, 0.2) is 0 Å². The largest absolute Gasteiger partial charge is 0.338 e. The molecule has 1 aromatic carbocycles. The van der Waals surface area contributed by atoms with Crippen LogP contribution in [0.4, 0.5) is 0 Å². The molecule has 114 valence electrons. The Hall–Kier alpha value is -2.99. The van der Waals surface area contributed by atoms with Gasteiger partial charge in [-0.3, -0.25) is 9.97 Å². The number of benzene rings is 1. The molecule has 0 amide bonds. The predicted molar refractivity (Wildman–Crippen MR) is 79.1 cm³/mol. The highest BCUT2D eigenvalue weighted by molar-refractivity contribution is 5.40. The van der Waals surface area contributed by atoms with Gasteiger partial charge in [0.2, 0.25) is 6.08 Å². The van der Waals surface area contributed by atoms with Crippen LogP contribution in [0, 0.1) is 0 Å². The molecule has 1 atom stereocenters. The highest BCUT2D eigenvalue weighted by Gasteiger charge is 2.12. The van der Waals surface area contributed by atoms with Gasteiger partial charge in [0.25, 0.3) is 0 Å². The summed E-state index contributed by atoms with van der Waals surface area (Å²) >= 11 is 0. The van der Waals surface area contributed by atoms with Gasteiger partial charge in [0.05, 0.1) is 11.7 Å². The van der Waals surface area contributed by atoms with E-state index in [0.717, 1.165) is 11.0 Å². The first-order chi connectivity index (χ1) is 10.6. The number of hydrogen-bond donors (Lipinski definition) is 2. The summed E-state index contributed by atoms with van der Waals surface area (Å²) in [5.41, 5.74) is -1.58. The standard InChI is InChI=1S/C14H14N4O4/c1-2-4-11(15-8-19)9-5-3-6-10(7-9)18-13(21)16-12(20)17-14(18)22/h3,5-7,11H,2,4H2,1H3,(H2,16,17,20,21,22). The molecule has 0 aliphatic carbocycles. The van der Waals surface area contributed by atoms with Crippen molar-refractivity contribution in [1.82, 2.24) is 14.5 Å². The second-order valence-corrected chi connectivity index (χ2v) is 4.64. The lowest BCUT2D eigenvalue weighted by molar-refractivity contribution is 0.552. The molecular weight excluding hydrogens is 288 g/mol. The topological polar surface area (TPSA) is 117 Å². The number of aliphatic imine (C=N–C) groups is 1. The maximum absolute atomic E-state index is 11.8. The minimum absolute atomic E-state index is 0.280. The molecule has 0 saturated carbocycles. The van der Waals surface area contributed by atoms with Crippen LogP contribution in [0.2, 0.25) is 0 Å². The maximum atomic E-state index is 11.8. The summed E-state index contributed by atoms with van der Waals surface area (Å²) in [6, 6.07) is 6.13. The molecule has 2 aromatic rings. The Bertz CT molecular complexity index is 852. The number of H-pyrrole nitrogens is 2. The zero-order valence-electron chi connectivity index (χ0n) is 11.8. The molecule has 8 heteroatoms. The Labute approximate surface area is 124 Å². The first kappa shape index (κ1) is 15.4. The van der Waals surface area contributed by atoms with Gasteiger partial charge < -0.3 is 0 Å². The Morgan fingerprint density at radius 1 is 1.23 bits per heavy atom. The summed E-state index contributed by atoms with van der Waals surface area (Å²) in [6.45, 7) is 1.95. The monoisotopic (exact) mass is 302 g/mol. The lowest BCUT2D eigenvalue weighted by atomic mass is 10.0. The van der Waals surface area contributed by atoms with Gasteiger partial charge in [0.1, 0.15) is 0 Å². The van der Waals surface area contributed by atoms with Gasteiger partial charge in [-0.25, -0.2) is 23.7 Å². The number of carbonyl (C=O) groups excluding carboxylic acids is 1. The first-order valence-corrected chi connectivity index (χ1v) is 6.69. The van der Waals surface area contributed by atoms with Crippen LogP contribution >= 0.6 is 0 Å². The molecular formula is C14H14N4O4. The zero-order valence-corrected chi connectivity index (χ0v) is 11.8. The molecule has 0 spiro atoms. The van der Waals surface area contributed by atoms with Crippen molar-refractivity contribution in [2.45, 2.75) is 25.8 Å². The number of isocyanates is 1. The van der Waals surface area contributed by atoms with E-state index in [1.54, 1.807) is 24.3 Å². The van der Waals surface area contributed by atoms with Crippen molar-refractivity contribution in [2.75, 3.05) is 0 Å². The molecule has 2 rings (SSSR count). The molecule has 0 bridgehead atoms. The van der Waals surface area contributed by atoms with Crippen molar-refractivity contribution in [3.8, 4) is 5.69 Å². The van der Waals surface area contributed by atoms with Crippen molar-refractivity contribution in [2.24, 2.45) is 4.99 Å². The van der Waals surface area contributed by atoms with E-state index in [1.165, 1.54) is 6.08 Å². The normalized spacial score (nSPS) is 11.7. The van der Waals surface area contributed by atoms with Crippen LogP contribution < -0.4 is 17.1 Å². The van der Waals surface area contributed by atoms with Crippen LogP contribution in [0.1, 0.15) is 31.4 Å². The molecule has 2 N–H and O–H groups in total. The Kier molecular flexibility index (Phi) is 4.65. The highest BCUT2D eigenvalue weighted by atomic mass is 16.2. The molecule has 8 nitrogen and oxygen atoms in total. The lowest BCUT2D eigenvalue weighted by Gasteiger charge is -2.11. The van der Waals surface area contributed by atoms with Crippen LogP contribution in [0.25, 0.3) is 5.69 Å². The van der Waals surface area contributed by atoms with E-state index < -0.39 is 17.1 Å². The average molecular weight is 302 g/mol. The quantitative estimate of drug-likeness (QED) is 0.613. The van der Waals surface area contributed by atoms with Gasteiger partial charge in [-0.15, -0.1) is 0 Å². The number of aromatic nitrogens is 3. The van der Waals surface area contributed by atoms with E-state index in [2.05, 4.69) is 4.99 Å². The predicted octanol–water partition coefficient (Wildman–Crippen LogP) is 0.391. The third-order valence-corrected chi connectivity index (χ3v) is 3.13. The van der Waals surface area contributed by atoms with Gasteiger partial charge in [0, 0.05) is 0 Å². The molecule has 0 saturated heterocycles. The summed E-state index contributed by atoms with van der Waals surface area (Å²) < 4.78 is 0.804. The zero-order chi connectivity index (χ0) is 16.1. The molecule has 0 aliphatic heterocycles. The number of aromatic amines is 2. The lowest BCUT2D eigenvalue weighted by Crippen LogP contribution is -2.42. The van der Waals surface area contributed by atoms with E-state index in [0.29, 0.717) is 12.0 Å². The fraction of sp³-hybridized carbons (Fsp3) is 0.286. The van der Waals surface area contributed by atoms with Crippen LogP contribution in [0.3, 0.4) is 0 Å². The maximum Gasteiger partial charge on any atom is 0.338 e. The average Bonchev–Trinajstić information content (AvgIpc) is 2.46. The van der Waals surface area contributed by atoms with Crippen LogP contribution in [-0.4, -0.2) is 20.6 Å². The van der Waals surface area contributed by atoms with Crippen molar-refractivity contribution in [3.63, 3.8) is 0 Å². The summed E-state index contributed by atoms with van der Waals surface area (Å²) in [4.78, 5) is 52.9. The molecule has 1 heterocycles. The molecule has 1 unspecified atom stereocenters. The number of hydrogen-bond acceptors (Lipinski definition) is 5. The number of nitrogens with one attached hydrogen (secondary N) is 2. The van der Waals surface area contributed by atoms with E-state index in [-0.39, 0.29) is 11.7 Å². The highest BCUT2D eigenvalue weighted by Crippen LogP contribution is 2.23. The summed E-state index contributed by atoms with van der Waals surface area (Å²) in [6.07, 6.45) is 2.97. The SMILES string of the molecule is CCCC(N=C=O)c1cccc(-n2c(=O)[nH]c(=O)[nH]c2=O)c1. The van der Waals surface area contributed by atoms with Gasteiger partial charge >= 0.3 is 17.1 Å². The number of rotatable bonds is 5. The molecule has 22 heavy (non-hydrogen) atoms. The van der Waals surface area contributed by atoms with E-state index >= 15 is 0 Å². The molecule has 0 radical (unpaired) electrons.